The van der Waals surface area contributed by atoms with Gasteiger partial charge in [0.1, 0.15) is 11.3 Å². The number of methoxy groups -OCH3 is 1. The molecule has 0 spiro atoms. The van der Waals surface area contributed by atoms with Crippen molar-refractivity contribution >= 4 is 32.6 Å². The molecule has 0 unspecified atom stereocenters. The molecule has 22 heavy (non-hydrogen) atoms. The molecular formula is C17H16N2O2S. The van der Waals surface area contributed by atoms with Gasteiger partial charge in [0.05, 0.1) is 11.8 Å². The van der Waals surface area contributed by atoms with E-state index in [9.17, 15) is 4.79 Å². The summed E-state index contributed by atoms with van der Waals surface area (Å²) in [5.41, 5.74) is 3.52. The minimum Gasteiger partial charge on any atom is -0.494 e. The summed E-state index contributed by atoms with van der Waals surface area (Å²) in [6.07, 6.45) is 0. The van der Waals surface area contributed by atoms with E-state index < -0.39 is 0 Å². The fraction of sp³-hybridized carbons (Fsp3) is 0.176. The van der Waals surface area contributed by atoms with Crippen LogP contribution in [0, 0.1) is 13.8 Å². The van der Waals surface area contributed by atoms with E-state index in [0.717, 1.165) is 21.3 Å². The highest BCUT2D eigenvalue weighted by Gasteiger charge is 2.14. The molecule has 0 aliphatic heterocycles. The summed E-state index contributed by atoms with van der Waals surface area (Å²) >= 11 is 1.44. The number of ether oxygens (including phenoxy) is 1. The van der Waals surface area contributed by atoms with Gasteiger partial charge in [-0.3, -0.25) is 10.1 Å². The highest BCUT2D eigenvalue weighted by molar-refractivity contribution is 7.22. The maximum absolute atomic E-state index is 12.4. The minimum absolute atomic E-state index is 0.140. The second-order valence-corrected chi connectivity index (χ2v) is 6.06. The van der Waals surface area contributed by atoms with Crippen LogP contribution in [0.2, 0.25) is 0 Å². The topological polar surface area (TPSA) is 51.2 Å². The van der Waals surface area contributed by atoms with Crippen molar-refractivity contribution in [3.63, 3.8) is 0 Å². The van der Waals surface area contributed by atoms with Gasteiger partial charge in [-0.1, -0.05) is 29.5 Å². The first kappa shape index (κ1) is 14.5. The summed E-state index contributed by atoms with van der Waals surface area (Å²) in [7, 11) is 1.61. The molecule has 1 N–H and O–H groups in total. The van der Waals surface area contributed by atoms with Gasteiger partial charge in [-0.05, 0) is 43.2 Å². The number of nitrogens with one attached hydrogen (secondary N) is 1. The van der Waals surface area contributed by atoms with E-state index in [1.165, 1.54) is 11.3 Å². The zero-order chi connectivity index (χ0) is 15.7. The van der Waals surface area contributed by atoms with Gasteiger partial charge in [0.2, 0.25) is 0 Å². The zero-order valence-electron chi connectivity index (χ0n) is 12.6. The summed E-state index contributed by atoms with van der Waals surface area (Å²) in [5, 5.41) is 3.45. The Morgan fingerprint density at radius 3 is 2.73 bits per heavy atom. The molecule has 0 radical (unpaired) electrons. The van der Waals surface area contributed by atoms with Crippen LogP contribution in [0.15, 0.2) is 36.4 Å². The largest absolute Gasteiger partial charge is 0.494 e. The molecular weight excluding hydrogens is 296 g/mol. The number of carbonyl (C=O) groups is 1. The molecule has 3 rings (SSSR count). The molecule has 3 aromatic rings. The van der Waals surface area contributed by atoms with Crippen molar-refractivity contribution in [1.29, 1.82) is 0 Å². The number of amides is 1. The lowest BCUT2D eigenvalue weighted by Gasteiger charge is -2.07. The Kier molecular flexibility index (Phi) is 3.81. The first-order valence-electron chi connectivity index (χ1n) is 6.91. The summed E-state index contributed by atoms with van der Waals surface area (Å²) < 4.78 is 6.28. The van der Waals surface area contributed by atoms with E-state index in [1.807, 2.05) is 50.2 Å². The molecule has 0 aliphatic rings. The molecule has 0 bridgehead atoms. The number of nitrogens with zero attached hydrogens (tertiary/aromatic N) is 1. The minimum atomic E-state index is -0.140. The second kappa shape index (κ2) is 5.77. The highest BCUT2D eigenvalue weighted by atomic mass is 32.1. The Hall–Kier alpha value is -2.40. The van der Waals surface area contributed by atoms with E-state index in [0.29, 0.717) is 16.4 Å². The van der Waals surface area contributed by atoms with Crippen molar-refractivity contribution in [2.45, 2.75) is 13.8 Å². The lowest BCUT2D eigenvalue weighted by atomic mass is 10.0. The molecule has 0 aliphatic carbocycles. The fourth-order valence-corrected chi connectivity index (χ4v) is 3.18. The van der Waals surface area contributed by atoms with Crippen molar-refractivity contribution in [2.75, 3.05) is 12.4 Å². The van der Waals surface area contributed by atoms with Crippen LogP contribution in [0.5, 0.6) is 5.75 Å². The van der Waals surface area contributed by atoms with Crippen molar-refractivity contribution in [2.24, 2.45) is 0 Å². The van der Waals surface area contributed by atoms with Crippen LogP contribution >= 0.6 is 11.3 Å². The van der Waals surface area contributed by atoms with E-state index in [-0.39, 0.29) is 5.91 Å². The third-order valence-electron chi connectivity index (χ3n) is 3.67. The first-order chi connectivity index (χ1) is 10.6. The van der Waals surface area contributed by atoms with Gasteiger partial charge < -0.3 is 4.74 Å². The molecule has 0 saturated carbocycles. The van der Waals surface area contributed by atoms with Crippen LogP contribution in [-0.4, -0.2) is 18.0 Å². The van der Waals surface area contributed by atoms with Gasteiger partial charge in [-0.25, -0.2) is 4.98 Å². The highest BCUT2D eigenvalue weighted by Crippen LogP contribution is 2.32. The SMILES string of the molecule is COc1cccc2sc(NC(=O)c3cccc(C)c3C)nc12. The number of carbonyl (C=O) groups excluding carboxylic acids is 1. The average molecular weight is 312 g/mol. The number of thiazole rings is 1. The Labute approximate surface area is 132 Å². The predicted molar refractivity (Wildman–Crippen MR) is 90.0 cm³/mol. The number of rotatable bonds is 3. The third-order valence-corrected chi connectivity index (χ3v) is 4.61. The maximum atomic E-state index is 12.4. The van der Waals surface area contributed by atoms with Crippen molar-refractivity contribution in [3.8, 4) is 5.75 Å². The van der Waals surface area contributed by atoms with Crippen molar-refractivity contribution < 1.29 is 9.53 Å². The predicted octanol–water partition coefficient (Wildman–Crippen LogP) is 4.17. The summed E-state index contributed by atoms with van der Waals surface area (Å²) in [5.74, 6) is 0.570. The number of aromatic nitrogens is 1. The lowest BCUT2D eigenvalue weighted by Crippen LogP contribution is -2.13. The first-order valence-corrected chi connectivity index (χ1v) is 7.73. The molecule has 112 valence electrons. The van der Waals surface area contributed by atoms with Gasteiger partial charge in [0.15, 0.2) is 5.13 Å². The molecule has 4 nitrogen and oxygen atoms in total. The Balaban J connectivity index is 1.93. The lowest BCUT2D eigenvalue weighted by molar-refractivity contribution is 0.102. The van der Waals surface area contributed by atoms with Crippen LogP contribution in [0.1, 0.15) is 21.5 Å². The number of para-hydroxylation sites is 1. The van der Waals surface area contributed by atoms with Crippen LogP contribution in [0.25, 0.3) is 10.2 Å². The quantitative estimate of drug-likeness (QED) is 0.789. The van der Waals surface area contributed by atoms with Gasteiger partial charge in [0.25, 0.3) is 5.91 Å². The number of hydrogen-bond acceptors (Lipinski definition) is 4. The standard InChI is InChI=1S/C17H16N2O2S/c1-10-6-4-7-12(11(10)2)16(20)19-17-18-15-13(21-3)8-5-9-14(15)22-17/h4-9H,1-3H3,(H,18,19,20). The van der Waals surface area contributed by atoms with Gasteiger partial charge in [0, 0.05) is 5.56 Å². The molecule has 2 aromatic carbocycles. The van der Waals surface area contributed by atoms with Crippen LogP contribution in [0.4, 0.5) is 5.13 Å². The van der Waals surface area contributed by atoms with E-state index >= 15 is 0 Å². The normalized spacial score (nSPS) is 10.7. The zero-order valence-corrected chi connectivity index (χ0v) is 13.5. The molecule has 1 heterocycles. The van der Waals surface area contributed by atoms with Crippen molar-refractivity contribution in [1.82, 2.24) is 4.98 Å². The number of benzene rings is 2. The van der Waals surface area contributed by atoms with Crippen molar-refractivity contribution in [3.05, 3.63) is 53.1 Å². The summed E-state index contributed by atoms with van der Waals surface area (Å²) in [6, 6.07) is 11.4. The maximum Gasteiger partial charge on any atom is 0.257 e. The molecule has 1 aromatic heterocycles. The molecule has 1 amide bonds. The monoisotopic (exact) mass is 312 g/mol. The third kappa shape index (κ3) is 2.55. The summed E-state index contributed by atoms with van der Waals surface area (Å²) in [6.45, 7) is 3.94. The van der Waals surface area contributed by atoms with E-state index in [2.05, 4.69) is 10.3 Å². The number of fused-ring (bicyclic) bond motifs is 1. The Morgan fingerprint density at radius 2 is 1.95 bits per heavy atom. The van der Waals surface area contributed by atoms with E-state index in [1.54, 1.807) is 7.11 Å². The van der Waals surface area contributed by atoms with E-state index in [4.69, 9.17) is 4.74 Å². The molecule has 0 fully saturated rings. The second-order valence-electron chi connectivity index (χ2n) is 5.03. The van der Waals surface area contributed by atoms with Gasteiger partial charge in [-0.15, -0.1) is 0 Å². The van der Waals surface area contributed by atoms with Crippen LogP contribution in [-0.2, 0) is 0 Å². The fourth-order valence-electron chi connectivity index (χ4n) is 2.30. The number of aryl methyl sites for hydroxylation is 1. The summed E-state index contributed by atoms with van der Waals surface area (Å²) in [4.78, 5) is 16.9. The van der Waals surface area contributed by atoms with Gasteiger partial charge in [-0.2, -0.15) is 0 Å². The smallest absolute Gasteiger partial charge is 0.257 e. The molecule has 0 atom stereocenters. The molecule has 0 saturated heterocycles. The van der Waals surface area contributed by atoms with Gasteiger partial charge >= 0.3 is 0 Å². The average Bonchev–Trinajstić information content (AvgIpc) is 2.92. The van der Waals surface area contributed by atoms with Crippen LogP contribution < -0.4 is 10.1 Å². The van der Waals surface area contributed by atoms with Crippen LogP contribution in [0.3, 0.4) is 0 Å². The molecule has 5 heteroatoms. The Morgan fingerprint density at radius 1 is 1.18 bits per heavy atom. The Bertz CT molecular complexity index is 855. The number of hydrogen-bond donors (Lipinski definition) is 1. The number of anilines is 1.